The highest BCUT2D eigenvalue weighted by Gasteiger charge is 2.26. The van der Waals surface area contributed by atoms with Crippen molar-refractivity contribution in [2.45, 2.75) is 6.42 Å². The van der Waals surface area contributed by atoms with E-state index in [0.717, 1.165) is 12.2 Å². The first-order valence-electron chi connectivity index (χ1n) is 6.77. The Morgan fingerprint density at radius 2 is 2.20 bits per heavy atom. The number of nitrogens with zero attached hydrogens (tertiary/aromatic N) is 2. The van der Waals surface area contributed by atoms with Crippen molar-refractivity contribution in [3.05, 3.63) is 29.8 Å². The van der Waals surface area contributed by atoms with Gasteiger partial charge in [0.2, 0.25) is 5.91 Å². The smallest absolute Gasteiger partial charge is 0.251 e. The number of hydrogen-bond donors (Lipinski definition) is 1. The van der Waals surface area contributed by atoms with Gasteiger partial charge in [0.05, 0.1) is 0 Å². The van der Waals surface area contributed by atoms with E-state index < -0.39 is 0 Å². The van der Waals surface area contributed by atoms with E-state index in [1.165, 1.54) is 0 Å². The van der Waals surface area contributed by atoms with Crippen LogP contribution in [0, 0.1) is 5.92 Å². The van der Waals surface area contributed by atoms with Crippen LogP contribution in [0.3, 0.4) is 0 Å². The van der Waals surface area contributed by atoms with Crippen molar-refractivity contribution in [2.75, 3.05) is 39.1 Å². The minimum absolute atomic E-state index is 0.0873. The molecule has 0 spiro atoms. The number of anilines is 1. The molecule has 1 saturated heterocycles. The lowest BCUT2D eigenvalue weighted by atomic mass is 10.1. The first-order valence-corrected chi connectivity index (χ1v) is 6.77. The number of carbonyl (C=O) groups excluding carboxylic acids is 2. The van der Waals surface area contributed by atoms with Gasteiger partial charge >= 0.3 is 0 Å². The maximum absolute atomic E-state index is 12.1. The van der Waals surface area contributed by atoms with Crippen molar-refractivity contribution >= 4 is 17.5 Å². The second-order valence-corrected chi connectivity index (χ2v) is 5.50. The zero-order chi connectivity index (χ0) is 14.7. The minimum atomic E-state index is -0.0873. The van der Waals surface area contributed by atoms with Crippen LogP contribution in [0.5, 0.6) is 0 Å². The molecule has 1 aromatic carbocycles. The van der Waals surface area contributed by atoms with Gasteiger partial charge in [0.25, 0.3) is 5.91 Å². The molecule has 0 aliphatic carbocycles. The summed E-state index contributed by atoms with van der Waals surface area (Å²) >= 11 is 0. The van der Waals surface area contributed by atoms with E-state index in [-0.39, 0.29) is 17.7 Å². The molecular formula is C15H21N3O2. The van der Waals surface area contributed by atoms with Gasteiger partial charge in [-0.3, -0.25) is 9.59 Å². The summed E-state index contributed by atoms with van der Waals surface area (Å²) in [6.07, 6.45) is 0.522. The predicted molar refractivity (Wildman–Crippen MR) is 78.8 cm³/mol. The number of rotatable bonds is 4. The lowest BCUT2D eigenvalue weighted by Crippen LogP contribution is -2.30. The van der Waals surface area contributed by atoms with Gasteiger partial charge in [0.1, 0.15) is 0 Å². The van der Waals surface area contributed by atoms with E-state index in [9.17, 15) is 9.59 Å². The molecule has 1 aliphatic rings. The normalized spacial score (nSPS) is 18.2. The molecule has 1 aliphatic heterocycles. The summed E-state index contributed by atoms with van der Waals surface area (Å²) < 4.78 is 0. The van der Waals surface area contributed by atoms with Crippen LogP contribution in [0.2, 0.25) is 0 Å². The zero-order valence-corrected chi connectivity index (χ0v) is 12.2. The molecule has 1 N–H and O–H groups in total. The first-order chi connectivity index (χ1) is 9.47. The van der Waals surface area contributed by atoms with Crippen LogP contribution < -0.4 is 10.2 Å². The Morgan fingerprint density at radius 3 is 2.80 bits per heavy atom. The van der Waals surface area contributed by atoms with Gasteiger partial charge in [-0.05, 0) is 18.2 Å². The molecule has 5 nitrogen and oxygen atoms in total. The third-order valence-corrected chi connectivity index (χ3v) is 3.60. The number of nitrogens with one attached hydrogen (secondary N) is 1. The summed E-state index contributed by atoms with van der Waals surface area (Å²) in [5.41, 5.74) is 1.64. The van der Waals surface area contributed by atoms with E-state index in [0.29, 0.717) is 18.5 Å². The van der Waals surface area contributed by atoms with Crippen LogP contribution in [-0.2, 0) is 4.79 Å². The molecule has 0 aromatic heterocycles. The Labute approximate surface area is 119 Å². The zero-order valence-electron chi connectivity index (χ0n) is 12.2. The molecule has 1 heterocycles. The van der Waals surface area contributed by atoms with Crippen LogP contribution >= 0.6 is 0 Å². The summed E-state index contributed by atoms with van der Waals surface area (Å²) in [5.74, 6) is 0.281. The molecule has 20 heavy (non-hydrogen) atoms. The lowest BCUT2D eigenvalue weighted by Gasteiger charge is -2.14. The number of likely N-dealkylation sites (tertiary alicyclic amines) is 1. The second kappa shape index (κ2) is 5.94. The quantitative estimate of drug-likeness (QED) is 0.890. The van der Waals surface area contributed by atoms with Gasteiger partial charge in [0, 0.05) is 57.8 Å². The summed E-state index contributed by atoms with van der Waals surface area (Å²) in [6.45, 7) is 1.26. The van der Waals surface area contributed by atoms with Crippen LogP contribution in [0.1, 0.15) is 16.8 Å². The Kier molecular flexibility index (Phi) is 4.27. The molecule has 0 saturated carbocycles. The standard InChI is InChI=1S/C15H21N3O2/c1-17(2)13-6-4-5-12(8-13)15(20)16-9-11-7-14(19)18(3)10-11/h4-6,8,11H,7,9-10H2,1-3H3,(H,16,20). The van der Waals surface area contributed by atoms with Gasteiger partial charge in [-0.25, -0.2) is 0 Å². The molecule has 1 fully saturated rings. The summed E-state index contributed by atoms with van der Waals surface area (Å²) in [4.78, 5) is 27.2. The minimum Gasteiger partial charge on any atom is -0.378 e. The van der Waals surface area contributed by atoms with Gasteiger partial charge in [-0.15, -0.1) is 0 Å². The maximum atomic E-state index is 12.1. The summed E-state index contributed by atoms with van der Waals surface area (Å²) in [6, 6.07) is 7.49. The predicted octanol–water partition coefficient (Wildman–Crippen LogP) is 0.961. The van der Waals surface area contributed by atoms with Crippen LogP contribution in [0.4, 0.5) is 5.69 Å². The topological polar surface area (TPSA) is 52.7 Å². The largest absolute Gasteiger partial charge is 0.378 e. The third kappa shape index (κ3) is 3.29. The molecule has 2 amide bonds. The highest BCUT2D eigenvalue weighted by atomic mass is 16.2. The fraction of sp³-hybridized carbons (Fsp3) is 0.467. The van der Waals surface area contributed by atoms with Gasteiger partial charge in [0.15, 0.2) is 0 Å². The Morgan fingerprint density at radius 1 is 1.45 bits per heavy atom. The maximum Gasteiger partial charge on any atom is 0.251 e. The molecule has 0 radical (unpaired) electrons. The second-order valence-electron chi connectivity index (χ2n) is 5.50. The highest BCUT2D eigenvalue weighted by molar-refractivity contribution is 5.95. The number of amides is 2. The fourth-order valence-electron chi connectivity index (χ4n) is 2.36. The van der Waals surface area contributed by atoms with Crippen LogP contribution in [0.15, 0.2) is 24.3 Å². The molecule has 5 heteroatoms. The van der Waals surface area contributed by atoms with E-state index in [2.05, 4.69) is 5.32 Å². The molecule has 1 aromatic rings. The van der Waals surface area contributed by atoms with Crippen molar-refractivity contribution in [2.24, 2.45) is 5.92 Å². The van der Waals surface area contributed by atoms with Crippen molar-refractivity contribution in [3.8, 4) is 0 Å². The van der Waals surface area contributed by atoms with Crippen molar-refractivity contribution < 1.29 is 9.59 Å². The fourth-order valence-corrected chi connectivity index (χ4v) is 2.36. The van der Waals surface area contributed by atoms with Crippen molar-refractivity contribution in [1.82, 2.24) is 10.2 Å². The molecule has 108 valence electrons. The van der Waals surface area contributed by atoms with Crippen LogP contribution in [0.25, 0.3) is 0 Å². The van der Waals surface area contributed by atoms with Crippen molar-refractivity contribution in [3.63, 3.8) is 0 Å². The Hall–Kier alpha value is -2.04. The number of carbonyl (C=O) groups is 2. The third-order valence-electron chi connectivity index (χ3n) is 3.60. The molecule has 0 bridgehead atoms. The Bertz CT molecular complexity index is 514. The monoisotopic (exact) mass is 275 g/mol. The van der Waals surface area contributed by atoms with Gasteiger partial charge in [-0.1, -0.05) is 6.07 Å². The molecule has 1 atom stereocenters. The highest BCUT2D eigenvalue weighted by Crippen LogP contribution is 2.16. The van der Waals surface area contributed by atoms with E-state index >= 15 is 0 Å². The summed E-state index contributed by atoms with van der Waals surface area (Å²) in [5, 5.41) is 2.91. The lowest BCUT2D eigenvalue weighted by molar-refractivity contribution is -0.126. The van der Waals surface area contributed by atoms with E-state index in [1.54, 1.807) is 18.0 Å². The molecular weight excluding hydrogens is 254 g/mol. The summed E-state index contributed by atoms with van der Waals surface area (Å²) in [7, 11) is 5.68. The van der Waals surface area contributed by atoms with Gasteiger partial charge < -0.3 is 15.1 Å². The van der Waals surface area contributed by atoms with Crippen LogP contribution in [-0.4, -0.2) is 50.9 Å². The number of benzene rings is 1. The average molecular weight is 275 g/mol. The molecule has 2 rings (SSSR count). The SMILES string of the molecule is CN1CC(CNC(=O)c2cccc(N(C)C)c2)CC1=O. The van der Waals surface area contributed by atoms with E-state index in [1.807, 2.05) is 37.2 Å². The Balaban J connectivity index is 1.92. The van der Waals surface area contributed by atoms with Gasteiger partial charge in [-0.2, -0.15) is 0 Å². The average Bonchev–Trinajstić information content (AvgIpc) is 2.75. The van der Waals surface area contributed by atoms with E-state index in [4.69, 9.17) is 0 Å². The molecule has 1 unspecified atom stereocenters. The first kappa shape index (κ1) is 14.4. The van der Waals surface area contributed by atoms with Crippen molar-refractivity contribution in [1.29, 1.82) is 0 Å². The number of hydrogen-bond acceptors (Lipinski definition) is 3.